The number of thioether (sulfide) groups is 1. The highest BCUT2D eigenvalue weighted by Crippen LogP contribution is 2.26. The normalized spacial score (nSPS) is 10.8. The number of nitrogens with zero attached hydrogens (tertiary/aromatic N) is 2. The molecular weight excluding hydrogens is 401 g/mol. The highest BCUT2D eigenvalue weighted by molar-refractivity contribution is 7.99. The van der Waals surface area contributed by atoms with Gasteiger partial charge in [-0.05, 0) is 35.6 Å². The lowest BCUT2D eigenvalue weighted by atomic mass is 10.1. The minimum Gasteiger partial charge on any atom is -0.410 e. The Labute approximate surface area is 162 Å². The summed E-state index contributed by atoms with van der Waals surface area (Å²) in [4.78, 5) is 12.8. The molecule has 25 heavy (non-hydrogen) atoms. The Hall–Kier alpha value is -1.54. The van der Waals surface area contributed by atoms with Crippen LogP contribution in [0.15, 0.2) is 45.4 Å². The van der Waals surface area contributed by atoms with Crippen LogP contribution >= 0.6 is 46.3 Å². The molecule has 0 fully saturated rings. The molecule has 9 heteroatoms. The number of hydrogen-bond donors (Lipinski definition) is 1. The quantitative estimate of drug-likeness (QED) is 0.575. The molecule has 0 aliphatic heterocycles. The van der Waals surface area contributed by atoms with E-state index in [0.717, 1.165) is 10.4 Å². The number of amides is 1. The third-order valence-corrected chi connectivity index (χ3v) is 5.46. The molecule has 2 aromatic heterocycles. The summed E-state index contributed by atoms with van der Waals surface area (Å²) in [6.07, 6.45) is 0.634. The third kappa shape index (κ3) is 5.22. The van der Waals surface area contributed by atoms with E-state index in [1.54, 1.807) is 12.1 Å². The predicted molar refractivity (Wildman–Crippen MR) is 102 cm³/mol. The molecule has 1 aromatic carbocycles. The summed E-state index contributed by atoms with van der Waals surface area (Å²) in [6, 6.07) is 9.15. The Bertz CT molecular complexity index is 853. The van der Waals surface area contributed by atoms with Crippen LogP contribution < -0.4 is 5.32 Å². The lowest BCUT2D eigenvalue weighted by Crippen LogP contribution is -2.27. The van der Waals surface area contributed by atoms with Crippen LogP contribution in [0.5, 0.6) is 0 Å². The highest BCUT2D eigenvalue weighted by atomic mass is 35.5. The molecule has 0 bridgehead atoms. The fourth-order valence-corrected chi connectivity index (χ4v) is 3.75. The zero-order valence-electron chi connectivity index (χ0n) is 12.9. The summed E-state index contributed by atoms with van der Waals surface area (Å²) < 4.78 is 5.52. The van der Waals surface area contributed by atoms with Gasteiger partial charge in [-0.15, -0.1) is 21.5 Å². The number of nitrogens with one attached hydrogen (secondary N) is 1. The van der Waals surface area contributed by atoms with Crippen molar-refractivity contribution in [1.82, 2.24) is 15.5 Å². The number of benzene rings is 1. The van der Waals surface area contributed by atoms with Crippen LogP contribution in [0.2, 0.25) is 10.0 Å². The number of rotatable bonds is 7. The van der Waals surface area contributed by atoms with E-state index in [1.807, 2.05) is 23.6 Å². The van der Waals surface area contributed by atoms with Crippen LogP contribution in [-0.4, -0.2) is 28.4 Å². The van der Waals surface area contributed by atoms with Crippen molar-refractivity contribution in [2.75, 3.05) is 12.3 Å². The molecule has 0 saturated heterocycles. The lowest BCUT2D eigenvalue weighted by molar-refractivity contribution is -0.118. The molecule has 2 heterocycles. The summed E-state index contributed by atoms with van der Waals surface area (Å²) in [5.41, 5.74) is 0.941. The first kappa shape index (κ1) is 18.3. The first-order chi connectivity index (χ1) is 12.1. The molecule has 0 aliphatic rings. The van der Waals surface area contributed by atoms with Gasteiger partial charge in [0.05, 0.1) is 10.6 Å². The van der Waals surface area contributed by atoms with Crippen molar-refractivity contribution in [3.8, 4) is 10.8 Å². The Morgan fingerprint density at radius 2 is 2.16 bits per heavy atom. The second kappa shape index (κ2) is 8.71. The average molecular weight is 414 g/mol. The summed E-state index contributed by atoms with van der Waals surface area (Å²) >= 11 is 14.7. The molecule has 1 N–H and O–H groups in total. The number of thiophene rings is 1. The SMILES string of the molecule is O=C(CSc1nnc(-c2cccs2)o1)NCCc1ccc(Cl)cc1Cl. The number of carbonyl (C=O) groups is 1. The van der Waals surface area contributed by atoms with Gasteiger partial charge in [0, 0.05) is 16.6 Å². The van der Waals surface area contributed by atoms with E-state index in [-0.39, 0.29) is 11.7 Å². The van der Waals surface area contributed by atoms with Crippen LogP contribution in [-0.2, 0) is 11.2 Å². The second-order valence-electron chi connectivity index (χ2n) is 4.97. The minimum atomic E-state index is -0.106. The Morgan fingerprint density at radius 3 is 2.92 bits per heavy atom. The van der Waals surface area contributed by atoms with Gasteiger partial charge in [-0.3, -0.25) is 4.79 Å². The van der Waals surface area contributed by atoms with Gasteiger partial charge in [0.25, 0.3) is 11.1 Å². The Morgan fingerprint density at radius 1 is 1.28 bits per heavy atom. The molecule has 5 nitrogen and oxygen atoms in total. The Kier molecular flexibility index (Phi) is 6.36. The topological polar surface area (TPSA) is 68.0 Å². The molecule has 0 spiro atoms. The zero-order chi connectivity index (χ0) is 17.6. The van der Waals surface area contributed by atoms with Gasteiger partial charge in [0.15, 0.2) is 0 Å². The largest absolute Gasteiger partial charge is 0.410 e. The minimum absolute atomic E-state index is 0.106. The van der Waals surface area contributed by atoms with Crippen molar-refractivity contribution in [3.63, 3.8) is 0 Å². The fourth-order valence-electron chi connectivity index (χ4n) is 2.01. The van der Waals surface area contributed by atoms with Gasteiger partial charge in [0.2, 0.25) is 5.91 Å². The van der Waals surface area contributed by atoms with E-state index in [2.05, 4.69) is 15.5 Å². The average Bonchev–Trinajstić information content (AvgIpc) is 3.26. The predicted octanol–water partition coefficient (Wildman–Crippen LogP) is 4.56. The standard InChI is InChI=1S/C16H13Cl2N3O2S2/c17-11-4-3-10(12(18)8-11)5-6-19-14(22)9-25-16-21-20-15(23-16)13-2-1-7-24-13/h1-4,7-8H,5-6,9H2,(H,19,22). The van der Waals surface area contributed by atoms with E-state index >= 15 is 0 Å². The van der Waals surface area contributed by atoms with Gasteiger partial charge in [-0.25, -0.2) is 0 Å². The summed E-state index contributed by atoms with van der Waals surface area (Å²) in [7, 11) is 0. The van der Waals surface area contributed by atoms with Crippen LogP contribution in [0.4, 0.5) is 0 Å². The van der Waals surface area contributed by atoms with Gasteiger partial charge >= 0.3 is 0 Å². The first-order valence-electron chi connectivity index (χ1n) is 7.32. The number of hydrogen-bond acceptors (Lipinski definition) is 6. The molecular formula is C16H13Cl2N3O2S2. The van der Waals surface area contributed by atoms with E-state index in [0.29, 0.717) is 34.1 Å². The lowest BCUT2D eigenvalue weighted by Gasteiger charge is -2.06. The van der Waals surface area contributed by atoms with Gasteiger partial charge < -0.3 is 9.73 Å². The highest BCUT2D eigenvalue weighted by Gasteiger charge is 2.11. The molecule has 0 saturated carbocycles. The van der Waals surface area contributed by atoms with Crippen LogP contribution in [0, 0.1) is 0 Å². The molecule has 3 aromatic rings. The molecule has 0 aliphatic carbocycles. The van der Waals surface area contributed by atoms with Crippen molar-refractivity contribution in [1.29, 1.82) is 0 Å². The van der Waals surface area contributed by atoms with Crippen molar-refractivity contribution in [2.24, 2.45) is 0 Å². The van der Waals surface area contributed by atoms with Gasteiger partial charge in [-0.1, -0.05) is 47.1 Å². The van der Waals surface area contributed by atoms with Crippen molar-refractivity contribution in [3.05, 3.63) is 51.3 Å². The van der Waals surface area contributed by atoms with Gasteiger partial charge in [-0.2, -0.15) is 0 Å². The molecule has 0 unspecified atom stereocenters. The van der Waals surface area contributed by atoms with Crippen molar-refractivity contribution >= 4 is 52.2 Å². The maximum absolute atomic E-state index is 11.9. The first-order valence-corrected chi connectivity index (χ1v) is 9.95. The van der Waals surface area contributed by atoms with Crippen molar-refractivity contribution in [2.45, 2.75) is 11.6 Å². The summed E-state index contributed by atoms with van der Waals surface area (Å²) in [5, 5.41) is 14.2. The molecule has 3 rings (SSSR count). The molecule has 0 atom stereocenters. The van der Waals surface area contributed by atoms with E-state index in [1.165, 1.54) is 23.1 Å². The smallest absolute Gasteiger partial charge is 0.277 e. The van der Waals surface area contributed by atoms with E-state index < -0.39 is 0 Å². The van der Waals surface area contributed by atoms with E-state index in [4.69, 9.17) is 27.6 Å². The number of carbonyl (C=O) groups excluding carboxylic acids is 1. The van der Waals surface area contributed by atoms with Gasteiger partial charge in [0.1, 0.15) is 0 Å². The van der Waals surface area contributed by atoms with Crippen LogP contribution in [0.3, 0.4) is 0 Å². The summed E-state index contributed by atoms with van der Waals surface area (Å²) in [5.74, 6) is 0.571. The van der Waals surface area contributed by atoms with Crippen LogP contribution in [0.1, 0.15) is 5.56 Å². The Balaban J connectivity index is 1.42. The fraction of sp³-hybridized carbons (Fsp3) is 0.188. The third-order valence-electron chi connectivity index (χ3n) is 3.20. The number of aromatic nitrogens is 2. The molecule has 0 radical (unpaired) electrons. The molecule has 1 amide bonds. The summed E-state index contributed by atoms with van der Waals surface area (Å²) in [6.45, 7) is 0.491. The van der Waals surface area contributed by atoms with Crippen molar-refractivity contribution < 1.29 is 9.21 Å². The zero-order valence-corrected chi connectivity index (χ0v) is 16.0. The maximum atomic E-state index is 11.9. The number of halogens is 2. The maximum Gasteiger partial charge on any atom is 0.277 e. The monoisotopic (exact) mass is 413 g/mol. The van der Waals surface area contributed by atoms with E-state index in [9.17, 15) is 4.79 Å². The van der Waals surface area contributed by atoms with Crippen LogP contribution in [0.25, 0.3) is 10.8 Å². The second-order valence-corrected chi connectivity index (χ2v) is 7.69. The molecule has 130 valence electrons.